The first kappa shape index (κ1) is 19.4. The zero-order valence-corrected chi connectivity index (χ0v) is 13.6. The third-order valence-electron chi connectivity index (χ3n) is 3.65. The van der Waals surface area contributed by atoms with E-state index in [1.807, 2.05) is 0 Å². The fraction of sp³-hybridized carbons (Fsp3) is 0.222. The number of aliphatic hydroxyl groups is 1. The Hall–Kier alpha value is -2.92. The van der Waals surface area contributed by atoms with Gasteiger partial charge >= 0.3 is 6.18 Å². The van der Waals surface area contributed by atoms with E-state index in [2.05, 4.69) is 5.32 Å². The molecule has 1 amide bonds. The van der Waals surface area contributed by atoms with Crippen molar-refractivity contribution in [3.8, 4) is 6.07 Å². The number of carbonyl (C=O) groups excluding carboxylic acids is 1. The summed E-state index contributed by atoms with van der Waals surface area (Å²) in [4.78, 5) is 12.2. The van der Waals surface area contributed by atoms with Gasteiger partial charge in [-0.3, -0.25) is 4.79 Å². The summed E-state index contributed by atoms with van der Waals surface area (Å²) in [5.41, 5.74) is -3.43. The van der Waals surface area contributed by atoms with Gasteiger partial charge in [-0.05, 0) is 42.8 Å². The van der Waals surface area contributed by atoms with Gasteiger partial charge in [-0.25, -0.2) is 4.39 Å². The number of hydrogen-bond acceptors (Lipinski definition) is 3. The summed E-state index contributed by atoms with van der Waals surface area (Å²) in [5.74, 6) is -1.41. The second kappa shape index (κ2) is 7.14. The molecule has 0 bridgehead atoms. The Morgan fingerprint density at radius 2 is 1.81 bits per heavy atom. The number of anilines is 1. The lowest BCUT2D eigenvalue weighted by Crippen LogP contribution is -2.42. The number of halogens is 4. The molecule has 0 saturated carbocycles. The van der Waals surface area contributed by atoms with Gasteiger partial charge in [0, 0.05) is 12.1 Å². The highest BCUT2D eigenvalue weighted by Gasteiger charge is 2.35. The molecule has 0 radical (unpaired) electrons. The molecule has 2 N–H and O–H groups in total. The summed E-state index contributed by atoms with van der Waals surface area (Å²) in [7, 11) is 0. The van der Waals surface area contributed by atoms with Crippen LogP contribution in [-0.4, -0.2) is 16.6 Å². The van der Waals surface area contributed by atoms with Gasteiger partial charge in [0.25, 0.3) is 5.91 Å². The summed E-state index contributed by atoms with van der Waals surface area (Å²) in [6.07, 6.45) is -4.93. The van der Waals surface area contributed by atoms with Crippen LogP contribution in [0.15, 0.2) is 42.5 Å². The van der Waals surface area contributed by atoms with Gasteiger partial charge < -0.3 is 10.4 Å². The summed E-state index contributed by atoms with van der Waals surface area (Å²) in [6, 6.07) is 9.25. The second-order valence-electron chi connectivity index (χ2n) is 5.90. The highest BCUT2D eigenvalue weighted by molar-refractivity contribution is 5.97. The van der Waals surface area contributed by atoms with Gasteiger partial charge in [0.15, 0.2) is 0 Å². The quantitative estimate of drug-likeness (QED) is 0.812. The SMILES string of the molecule is CC(O)(Cc1ccc(F)cc1)C(=O)Nc1ccc(C#N)c(C(F)(F)F)c1. The van der Waals surface area contributed by atoms with Gasteiger partial charge in [0.2, 0.25) is 0 Å². The van der Waals surface area contributed by atoms with Gasteiger partial charge in [-0.15, -0.1) is 0 Å². The molecular weight excluding hydrogens is 352 g/mol. The van der Waals surface area contributed by atoms with E-state index in [4.69, 9.17) is 5.26 Å². The van der Waals surface area contributed by atoms with Crippen molar-refractivity contribution in [3.63, 3.8) is 0 Å². The first-order valence-corrected chi connectivity index (χ1v) is 7.42. The first-order chi connectivity index (χ1) is 12.0. The van der Waals surface area contributed by atoms with Crippen LogP contribution in [-0.2, 0) is 17.4 Å². The molecule has 0 aliphatic heterocycles. The average Bonchev–Trinajstić information content (AvgIpc) is 2.56. The highest BCUT2D eigenvalue weighted by atomic mass is 19.4. The van der Waals surface area contributed by atoms with E-state index in [0.717, 1.165) is 12.1 Å². The fourth-order valence-electron chi connectivity index (χ4n) is 2.30. The van der Waals surface area contributed by atoms with Crippen molar-refractivity contribution < 1.29 is 27.5 Å². The Bertz CT molecular complexity index is 853. The highest BCUT2D eigenvalue weighted by Crippen LogP contribution is 2.33. The maximum atomic E-state index is 13.0. The van der Waals surface area contributed by atoms with Crippen molar-refractivity contribution in [3.05, 3.63) is 65.0 Å². The second-order valence-corrected chi connectivity index (χ2v) is 5.90. The molecule has 0 aromatic heterocycles. The van der Waals surface area contributed by atoms with Crippen molar-refractivity contribution in [2.24, 2.45) is 0 Å². The Morgan fingerprint density at radius 3 is 2.35 bits per heavy atom. The summed E-state index contributed by atoms with van der Waals surface area (Å²) in [5, 5.41) is 21.3. The van der Waals surface area contributed by atoms with Crippen molar-refractivity contribution >= 4 is 11.6 Å². The van der Waals surface area contributed by atoms with Crippen molar-refractivity contribution in [2.75, 3.05) is 5.32 Å². The van der Waals surface area contributed by atoms with Crippen LogP contribution < -0.4 is 5.32 Å². The van der Waals surface area contributed by atoms with Crippen LogP contribution in [0.2, 0.25) is 0 Å². The van der Waals surface area contributed by atoms with Crippen LogP contribution >= 0.6 is 0 Å². The molecular formula is C18H14F4N2O2. The van der Waals surface area contributed by atoms with Gasteiger partial charge in [-0.1, -0.05) is 12.1 Å². The van der Waals surface area contributed by atoms with E-state index in [1.54, 1.807) is 0 Å². The molecule has 0 saturated heterocycles. The molecule has 0 heterocycles. The third kappa shape index (κ3) is 4.58. The molecule has 0 spiro atoms. The van der Waals surface area contributed by atoms with Crippen LogP contribution in [0.25, 0.3) is 0 Å². The summed E-state index contributed by atoms with van der Waals surface area (Å²) < 4.78 is 51.8. The number of rotatable bonds is 4. The lowest BCUT2D eigenvalue weighted by atomic mass is 9.95. The van der Waals surface area contributed by atoms with E-state index < -0.39 is 34.6 Å². The Balaban J connectivity index is 2.20. The summed E-state index contributed by atoms with van der Waals surface area (Å²) in [6.45, 7) is 1.19. The maximum absolute atomic E-state index is 13.0. The number of benzene rings is 2. The van der Waals surface area contributed by atoms with Crippen molar-refractivity contribution in [2.45, 2.75) is 25.1 Å². The minimum atomic E-state index is -4.76. The molecule has 2 aromatic rings. The van der Waals surface area contributed by atoms with E-state index in [0.29, 0.717) is 11.6 Å². The molecule has 2 rings (SSSR count). The molecule has 1 atom stereocenters. The van der Waals surface area contributed by atoms with Crippen LogP contribution in [0, 0.1) is 17.1 Å². The number of hydrogen-bond donors (Lipinski definition) is 2. The van der Waals surface area contributed by atoms with Crippen LogP contribution in [0.5, 0.6) is 0 Å². The van der Waals surface area contributed by atoms with Gasteiger partial charge in [0.1, 0.15) is 11.4 Å². The fourth-order valence-corrected chi connectivity index (χ4v) is 2.30. The molecule has 0 aliphatic carbocycles. The number of alkyl halides is 3. The molecule has 0 aliphatic rings. The average molecular weight is 366 g/mol. The predicted octanol–water partition coefficient (Wildman–Crippen LogP) is 3.65. The van der Waals surface area contributed by atoms with Crippen molar-refractivity contribution in [1.29, 1.82) is 5.26 Å². The molecule has 2 aromatic carbocycles. The smallest absolute Gasteiger partial charge is 0.380 e. The molecule has 1 unspecified atom stereocenters. The van der Waals surface area contributed by atoms with E-state index >= 15 is 0 Å². The first-order valence-electron chi connectivity index (χ1n) is 7.42. The van der Waals surface area contributed by atoms with Crippen LogP contribution in [0.4, 0.5) is 23.2 Å². The summed E-state index contributed by atoms with van der Waals surface area (Å²) >= 11 is 0. The van der Waals surface area contributed by atoms with Gasteiger partial charge in [-0.2, -0.15) is 18.4 Å². The molecule has 26 heavy (non-hydrogen) atoms. The van der Waals surface area contributed by atoms with Crippen molar-refractivity contribution in [1.82, 2.24) is 0 Å². The van der Waals surface area contributed by atoms with E-state index in [-0.39, 0.29) is 12.1 Å². The standard InChI is InChI=1S/C18H14F4N2O2/c1-17(26,9-11-2-5-13(19)6-3-11)16(25)24-14-7-4-12(10-23)15(8-14)18(20,21)22/h2-8,26H,9H2,1H3,(H,24,25). The largest absolute Gasteiger partial charge is 0.417 e. The number of amides is 1. The minimum absolute atomic E-state index is 0.165. The number of nitrogens with zero attached hydrogens (tertiary/aromatic N) is 1. The monoisotopic (exact) mass is 366 g/mol. The minimum Gasteiger partial charge on any atom is -0.380 e. The Labute approximate surface area is 146 Å². The Kier molecular flexibility index (Phi) is 5.33. The van der Waals surface area contributed by atoms with Gasteiger partial charge in [0.05, 0.1) is 17.2 Å². The number of carbonyl (C=O) groups is 1. The number of nitriles is 1. The topological polar surface area (TPSA) is 73.1 Å². The van der Waals surface area contributed by atoms with E-state index in [9.17, 15) is 27.5 Å². The molecule has 8 heteroatoms. The lowest BCUT2D eigenvalue weighted by molar-refractivity contribution is -0.138. The molecule has 4 nitrogen and oxygen atoms in total. The zero-order valence-electron chi connectivity index (χ0n) is 13.6. The van der Waals surface area contributed by atoms with Crippen LogP contribution in [0.1, 0.15) is 23.6 Å². The molecule has 136 valence electrons. The maximum Gasteiger partial charge on any atom is 0.417 e. The predicted molar refractivity (Wildman–Crippen MR) is 85.5 cm³/mol. The zero-order chi connectivity index (χ0) is 19.5. The van der Waals surface area contributed by atoms with Crippen LogP contribution in [0.3, 0.4) is 0 Å². The lowest BCUT2D eigenvalue weighted by Gasteiger charge is -2.23. The van der Waals surface area contributed by atoms with E-state index in [1.165, 1.54) is 37.3 Å². The normalized spacial score (nSPS) is 13.6. The molecule has 0 fully saturated rings. The third-order valence-corrected chi connectivity index (χ3v) is 3.65. The Morgan fingerprint density at radius 1 is 1.19 bits per heavy atom. The number of nitrogens with one attached hydrogen (secondary N) is 1.